The summed E-state index contributed by atoms with van der Waals surface area (Å²) in [7, 11) is 1.35. The molecule has 0 unspecified atom stereocenters. The van der Waals surface area contributed by atoms with Gasteiger partial charge in [-0.05, 0) is 37.1 Å². The molecule has 0 fully saturated rings. The zero-order chi connectivity index (χ0) is 11.4. The van der Waals surface area contributed by atoms with Gasteiger partial charge in [0, 0.05) is 6.42 Å². The van der Waals surface area contributed by atoms with Gasteiger partial charge in [0.05, 0.1) is 12.7 Å². The first kappa shape index (κ1) is 11.4. The molecule has 0 aliphatic heterocycles. The summed E-state index contributed by atoms with van der Waals surface area (Å²) < 4.78 is 4.61. The highest BCUT2D eigenvalue weighted by Crippen LogP contribution is 2.12. The minimum absolute atomic E-state index is 0.115. The Morgan fingerprint density at radius 2 is 2.00 bits per heavy atom. The number of hydrogen-bond donors (Lipinski definition) is 0. The Labute approximate surface area is 89.1 Å². The van der Waals surface area contributed by atoms with Crippen LogP contribution in [0.5, 0.6) is 0 Å². The molecule has 0 amide bonds. The Balaban J connectivity index is 2.97. The minimum Gasteiger partial charge on any atom is -0.465 e. The Kier molecular flexibility index (Phi) is 3.61. The molecule has 0 spiro atoms. The molecule has 1 aromatic carbocycles. The number of rotatable bonds is 3. The molecule has 0 aliphatic carbocycles. The van der Waals surface area contributed by atoms with Crippen molar-refractivity contribution in [2.24, 2.45) is 0 Å². The molecular formula is C12H14O3. The van der Waals surface area contributed by atoms with E-state index in [1.54, 1.807) is 25.1 Å². The van der Waals surface area contributed by atoms with Crippen molar-refractivity contribution in [2.45, 2.75) is 20.3 Å². The fourth-order valence-electron chi connectivity index (χ4n) is 1.41. The van der Waals surface area contributed by atoms with Crippen molar-refractivity contribution in [3.05, 3.63) is 34.9 Å². The topological polar surface area (TPSA) is 43.4 Å². The Morgan fingerprint density at radius 1 is 1.33 bits per heavy atom. The predicted octanol–water partition coefficient (Wildman–Crippen LogP) is 1.91. The van der Waals surface area contributed by atoms with Crippen LogP contribution in [-0.4, -0.2) is 18.9 Å². The lowest BCUT2D eigenvalue weighted by Gasteiger charge is -2.05. The first-order valence-electron chi connectivity index (χ1n) is 4.72. The molecule has 0 atom stereocenters. The summed E-state index contributed by atoms with van der Waals surface area (Å²) in [4.78, 5) is 22.2. The number of methoxy groups -OCH3 is 1. The van der Waals surface area contributed by atoms with Gasteiger partial charge in [0.2, 0.25) is 0 Å². The lowest BCUT2D eigenvalue weighted by atomic mass is 10.0. The summed E-state index contributed by atoms with van der Waals surface area (Å²) >= 11 is 0. The zero-order valence-corrected chi connectivity index (χ0v) is 9.16. The standard InChI is InChI=1S/C12H14O3/c1-8-6-11(12(14)15-3)5-4-10(8)7-9(2)13/h4-6H,7H2,1-3H3. The Hall–Kier alpha value is -1.64. The summed E-state index contributed by atoms with van der Waals surface area (Å²) in [5.74, 6) is -0.239. The highest BCUT2D eigenvalue weighted by Gasteiger charge is 2.08. The van der Waals surface area contributed by atoms with Crippen LogP contribution in [0.3, 0.4) is 0 Å². The van der Waals surface area contributed by atoms with Gasteiger partial charge in [-0.3, -0.25) is 4.79 Å². The molecule has 3 nitrogen and oxygen atoms in total. The van der Waals surface area contributed by atoms with E-state index in [9.17, 15) is 9.59 Å². The summed E-state index contributed by atoms with van der Waals surface area (Å²) in [6, 6.07) is 5.21. The van der Waals surface area contributed by atoms with Gasteiger partial charge in [-0.1, -0.05) is 6.07 Å². The largest absolute Gasteiger partial charge is 0.465 e. The van der Waals surface area contributed by atoms with Gasteiger partial charge in [0.1, 0.15) is 5.78 Å². The normalized spacial score (nSPS) is 9.80. The van der Waals surface area contributed by atoms with Gasteiger partial charge in [0.25, 0.3) is 0 Å². The van der Waals surface area contributed by atoms with Crippen molar-refractivity contribution < 1.29 is 14.3 Å². The number of esters is 1. The number of ketones is 1. The van der Waals surface area contributed by atoms with E-state index in [4.69, 9.17) is 0 Å². The van der Waals surface area contributed by atoms with Crippen molar-refractivity contribution in [3.8, 4) is 0 Å². The fraction of sp³-hybridized carbons (Fsp3) is 0.333. The second kappa shape index (κ2) is 4.73. The molecule has 0 aliphatic rings. The number of aryl methyl sites for hydroxylation is 1. The van der Waals surface area contributed by atoms with Crippen LogP contribution in [0.1, 0.15) is 28.4 Å². The van der Waals surface area contributed by atoms with Crippen molar-refractivity contribution in [1.29, 1.82) is 0 Å². The van der Waals surface area contributed by atoms with Crippen molar-refractivity contribution in [3.63, 3.8) is 0 Å². The number of carbonyl (C=O) groups is 2. The maximum atomic E-state index is 11.2. The quantitative estimate of drug-likeness (QED) is 0.709. The third kappa shape index (κ3) is 2.91. The van der Waals surface area contributed by atoms with Gasteiger partial charge >= 0.3 is 5.97 Å². The molecular weight excluding hydrogens is 192 g/mol. The number of carbonyl (C=O) groups excluding carboxylic acids is 2. The van der Waals surface area contributed by atoms with Gasteiger partial charge in [-0.25, -0.2) is 4.79 Å². The molecule has 0 heterocycles. The molecule has 0 bridgehead atoms. The lowest BCUT2D eigenvalue weighted by Crippen LogP contribution is -2.04. The average Bonchev–Trinajstić information content (AvgIpc) is 2.19. The van der Waals surface area contributed by atoms with Gasteiger partial charge in [-0.15, -0.1) is 0 Å². The van der Waals surface area contributed by atoms with Crippen LogP contribution in [0, 0.1) is 6.92 Å². The third-order valence-electron chi connectivity index (χ3n) is 2.20. The number of Topliss-reactive ketones (excluding diaryl/α,β-unsaturated/α-hetero) is 1. The first-order chi connectivity index (χ1) is 7.04. The Morgan fingerprint density at radius 3 is 2.47 bits per heavy atom. The van der Waals surface area contributed by atoms with Crippen LogP contribution in [0.25, 0.3) is 0 Å². The second-order valence-corrected chi connectivity index (χ2v) is 3.51. The van der Waals surface area contributed by atoms with Crippen LogP contribution in [0.15, 0.2) is 18.2 Å². The van der Waals surface area contributed by atoms with Crippen LogP contribution in [0.2, 0.25) is 0 Å². The van der Waals surface area contributed by atoms with E-state index in [0.29, 0.717) is 12.0 Å². The molecule has 0 aromatic heterocycles. The first-order valence-corrected chi connectivity index (χ1v) is 4.72. The molecule has 0 saturated carbocycles. The molecule has 0 saturated heterocycles. The minimum atomic E-state index is -0.354. The van der Waals surface area contributed by atoms with Gasteiger partial charge < -0.3 is 4.74 Å². The molecule has 1 aromatic rings. The van der Waals surface area contributed by atoms with Crippen molar-refractivity contribution in [1.82, 2.24) is 0 Å². The highest BCUT2D eigenvalue weighted by molar-refractivity contribution is 5.89. The van der Waals surface area contributed by atoms with Gasteiger partial charge in [-0.2, -0.15) is 0 Å². The van der Waals surface area contributed by atoms with E-state index in [0.717, 1.165) is 11.1 Å². The summed E-state index contributed by atoms with van der Waals surface area (Å²) in [5, 5.41) is 0. The zero-order valence-electron chi connectivity index (χ0n) is 9.16. The monoisotopic (exact) mass is 206 g/mol. The smallest absolute Gasteiger partial charge is 0.337 e. The SMILES string of the molecule is COC(=O)c1ccc(CC(C)=O)c(C)c1. The molecule has 0 radical (unpaired) electrons. The van der Waals surface area contributed by atoms with Crippen molar-refractivity contribution in [2.75, 3.05) is 7.11 Å². The van der Waals surface area contributed by atoms with E-state index >= 15 is 0 Å². The summed E-state index contributed by atoms with van der Waals surface area (Å²) in [5.41, 5.74) is 2.41. The van der Waals surface area contributed by atoms with Crippen LogP contribution in [0.4, 0.5) is 0 Å². The fourth-order valence-corrected chi connectivity index (χ4v) is 1.41. The van der Waals surface area contributed by atoms with Crippen LogP contribution in [-0.2, 0) is 16.0 Å². The molecule has 3 heteroatoms. The molecule has 1 rings (SSSR count). The predicted molar refractivity (Wildman–Crippen MR) is 56.9 cm³/mol. The van der Waals surface area contributed by atoms with E-state index in [-0.39, 0.29) is 11.8 Å². The van der Waals surface area contributed by atoms with E-state index in [1.807, 2.05) is 6.92 Å². The maximum Gasteiger partial charge on any atom is 0.337 e. The van der Waals surface area contributed by atoms with Gasteiger partial charge in [0.15, 0.2) is 0 Å². The summed E-state index contributed by atoms with van der Waals surface area (Å²) in [6.45, 7) is 3.43. The average molecular weight is 206 g/mol. The number of ether oxygens (including phenoxy) is 1. The Bertz CT molecular complexity index is 394. The van der Waals surface area contributed by atoms with Crippen LogP contribution < -0.4 is 0 Å². The second-order valence-electron chi connectivity index (χ2n) is 3.51. The highest BCUT2D eigenvalue weighted by atomic mass is 16.5. The molecule has 80 valence electrons. The third-order valence-corrected chi connectivity index (χ3v) is 2.20. The van der Waals surface area contributed by atoms with E-state index in [1.165, 1.54) is 7.11 Å². The maximum absolute atomic E-state index is 11.2. The van der Waals surface area contributed by atoms with E-state index < -0.39 is 0 Å². The molecule has 15 heavy (non-hydrogen) atoms. The lowest BCUT2D eigenvalue weighted by molar-refractivity contribution is -0.116. The molecule has 0 N–H and O–H groups in total. The van der Waals surface area contributed by atoms with Crippen molar-refractivity contribution >= 4 is 11.8 Å². The number of benzene rings is 1. The summed E-state index contributed by atoms with van der Waals surface area (Å²) in [6.07, 6.45) is 0.410. The van der Waals surface area contributed by atoms with Crippen LogP contribution >= 0.6 is 0 Å². The number of hydrogen-bond acceptors (Lipinski definition) is 3. The van der Waals surface area contributed by atoms with E-state index in [2.05, 4.69) is 4.74 Å².